The van der Waals surface area contributed by atoms with Crippen LogP contribution in [-0.4, -0.2) is 11.1 Å². The van der Waals surface area contributed by atoms with Crippen molar-refractivity contribution in [2.75, 3.05) is 0 Å². The van der Waals surface area contributed by atoms with Gasteiger partial charge in [-0.15, -0.1) is 6.07 Å². The molecule has 0 aliphatic rings. The van der Waals surface area contributed by atoms with Gasteiger partial charge in [0, 0.05) is 0 Å². The first kappa shape index (κ1) is 16.0. The quantitative estimate of drug-likeness (QED) is 0.570. The Balaban J connectivity index is 0.000000283. The van der Waals surface area contributed by atoms with Crippen LogP contribution in [0.15, 0.2) is 78.9 Å². The number of hydrogen-bond acceptors (Lipinski definition) is 1. The van der Waals surface area contributed by atoms with Crippen molar-refractivity contribution in [1.82, 2.24) is 0 Å². The van der Waals surface area contributed by atoms with Gasteiger partial charge in [-0.05, 0) is 6.07 Å². The number of benzene rings is 1. The molecule has 0 aliphatic heterocycles. The molecular formula is C17H14FeO2+2. The van der Waals surface area contributed by atoms with E-state index in [0.717, 1.165) is 11.1 Å². The standard InChI is InChI=1S/C12H9O2.C5H5.Fe/c13-12(14)11-7-3-6-10(8-11)9-4-1-2-5-9;1-2-4-5-3-1;/h1-8H,(H,13,14);1-5H;/q2*-1;+4. The molecule has 0 fully saturated rings. The Bertz CT molecular complexity index is 593. The van der Waals surface area contributed by atoms with Crippen LogP contribution in [0.2, 0.25) is 0 Å². The summed E-state index contributed by atoms with van der Waals surface area (Å²) in [5.41, 5.74) is 2.31. The fourth-order valence-corrected chi connectivity index (χ4v) is 1.72. The van der Waals surface area contributed by atoms with E-state index in [0.29, 0.717) is 5.56 Å². The maximum atomic E-state index is 10.7. The predicted molar refractivity (Wildman–Crippen MR) is 76.5 cm³/mol. The van der Waals surface area contributed by atoms with Crippen molar-refractivity contribution in [3.63, 3.8) is 0 Å². The molecule has 3 aromatic carbocycles. The SMILES string of the molecule is O=C(O)c1cccc(-c2ccc[cH-]2)c1.[Fe+4].c1cc[cH-]c1. The molecule has 3 rings (SSSR count). The molecule has 0 aliphatic carbocycles. The van der Waals surface area contributed by atoms with Crippen LogP contribution in [0.5, 0.6) is 0 Å². The first-order chi connectivity index (χ1) is 9.27. The summed E-state index contributed by atoms with van der Waals surface area (Å²) in [6.45, 7) is 0. The Morgan fingerprint density at radius 3 is 2.20 bits per heavy atom. The van der Waals surface area contributed by atoms with Crippen molar-refractivity contribution in [3.05, 3.63) is 84.4 Å². The maximum absolute atomic E-state index is 10.7. The van der Waals surface area contributed by atoms with Crippen molar-refractivity contribution in [1.29, 1.82) is 0 Å². The average Bonchev–Trinajstić information content (AvgIpc) is 3.15. The van der Waals surface area contributed by atoms with Gasteiger partial charge in [0.1, 0.15) is 0 Å². The van der Waals surface area contributed by atoms with E-state index in [-0.39, 0.29) is 17.1 Å². The third kappa shape index (κ3) is 4.54. The van der Waals surface area contributed by atoms with Crippen molar-refractivity contribution in [2.45, 2.75) is 0 Å². The third-order valence-electron chi connectivity index (χ3n) is 2.66. The molecule has 0 amide bonds. The topological polar surface area (TPSA) is 37.3 Å². The number of hydrogen-bond donors (Lipinski definition) is 1. The molecule has 20 heavy (non-hydrogen) atoms. The molecule has 0 atom stereocenters. The van der Waals surface area contributed by atoms with E-state index in [4.69, 9.17) is 5.11 Å². The summed E-state index contributed by atoms with van der Waals surface area (Å²) in [7, 11) is 0. The van der Waals surface area contributed by atoms with E-state index in [1.165, 1.54) is 0 Å². The van der Waals surface area contributed by atoms with Gasteiger partial charge in [-0.3, -0.25) is 0 Å². The van der Waals surface area contributed by atoms with Crippen molar-refractivity contribution < 1.29 is 27.0 Å². The number of carbonyl (C=O) groups is 1. The van der Waals surface area contributed by atoms with Gasteiger partial charge in [-0.25, -0.2) is 16.9 Å². The number of aromatic carboxylic acids is 1. The molecule has 3 aromatic rings. The van der Waals surface area contributed by atoms with E-state index in [1.54, 1.807) is 18.2 Å². The summed E-state index contributed by atoms with van der Waals surface area (Å²) in [5, 5.41) is 8.81. The van der Waals surface area contributed by atoms with Crippen LogP contribution >= 0.6 is 0 Å². The van der Waals surface area contributed by atoms with E-state index in [1.807, 2.05) is 60.7 Å². The van der Waals surface area contributed by atoms with Gasteiger partial charge in [0.2, 0.25) is 0 Å². The number of rotatable bonds is 2. The van der Waals surface area contributed by atoms with E-state index in [2.05, 4.69) is 0 Å². The summed E-state index contributed by atoms with van der Waals surface area (Å²) in [4.78, 5) is 10.7. The van der Waals surface area contributed by atoms with Gasteiger partial charge in [0.25, 0.3) is 0 Å². The molecule has 3 heteroatoms. The smallest absolute Gasteiger partial charge is 0.478 e. The molecule has 0 saturated carbocycles. The summed E-state index contributed by atoms with van der Waals surface area (Å²) in [6.07, 6.45) is 0. The van der Waals surface area contributed by atoms with Gasteiger partial charge in [0.15, 0.2) is 0 Å². The Morgan fingerprint density at radius 2 is 1.70 bits per heavy atom. The first-order valence-corrected chi connectivity index (χ1v) is 5.99. The van der Waals surface area contributed by atoms with Crippen LogP contribution in [0.1, 0.15) is 10.4 Å². The van der Waals surface area contributed by atoms with Crippen LogP contribution < -0.4 is 0 Å². The number of carboxylic acid groups (broad SMARTS) is 1. The fraction of sp³-hybridized carbons (Fsp3) is 0. The van der Waals surface area contributed by atoms with Crippen molar-refractivity contribution >= 4 is 5.97 Å². The van der Waals surface area contributed by atoms with E-state index >= 15 is 0 Å². The monoisotopic (exact) mass is 306 g/mol. The average molecular weight is 306 g/mol. The Kier molecular flexibility index (Phi) is 6.51. The molecule has 0 bridgehead atoms. The Morgan fingerprint density at radius 1 is 0.950 bits per heavy atom. The second kappa shape index (κ2) is 8.15. The number of carboxylic acids is 1. The van der Waals surface area contributed by atoms with Gasteiger partial charge < -0.3 is 5.11 Å². The minimum absolute atomic E-state index is 0. The molecule has 1 N–H and O–H groups in total. The molecular weight excluding hydrogens is 292 g/mol. The molecule has 0 aromatic heterocycles. The molecule has 0 unspecified atom stereocenters. The zero-order valence-electron chi connectivity index (χ0n) is 10.7. The normalized spacial score (nSPS) is 9.00. The Hall–Kier alpha value is -2.09. The Labute approximate surface area is 128 Å². The van der Waals surface area contributed by atoms with Gasteiger partial charge in [-0.1, -0.05) is 23.8 Å². The van der Waals surface area contributed by atoms with E-state index in [9.17, 15) is 4.79 Å². The predicted octanol–water partition coefficient (Wildman–Crippen LogP) is 4.17. The van der Waals surface area contributed by atoms with Crippen LogP contribution in [-0.2, 0) is 17.1 Å². The first-order valence-electron chi connectivity index (χ1n) is 5.99. The summed E-state index contributed by atoms with van der Waals surface area (Å²) < 4.78 is 0. The fourth-order valence-electron chi connectivity index (χ4n) is 1.72. The van der Waals surface area contributed by atoms with Crippen molar-refractivity contribution in [3.8, 4) is 11.1 Å². The minimum atomic E-state index is -0.890. The van der Waals surface area contributed by atoms with Gasteiger partial charge in [0.05, 0.1) is 5.56 Å². The molecule has 0 heterocycles. The third-order valence-corrected chi connectivity index (χ3v) is 2.66. The zero-order chi connectivity index (χ0) is 13.5. The van der Waals surface area contributed by atoms with Crippen LogP contribution in [0.3, 0.4) is 0 Å². The summed E-state index contributed by atoms with van der Waals surface area (Å²) >= 11 is 0. The minimum Gasteiger partial charge on any atom is -0.478 e. The van der Waals surface area contributed by atoms with Crippen LogP contribution in [0, 0.1) is 0 Å². The van der Waals surface area contributed by atoms with Crippen molar-refractivity contribution in [2.24, 2.45) is 0 Å². The van der Waals surface area contributed by atoms with Gasteiger partial charge in [-0.2, -0.15) is 42.0 Å². The van der Waals surface area contributed by atoms with Crippen LogP contribution in [0.4, 0.5) is 0 Å². The molecule has 100 valence electrons. The zero-order valence-corrected chi connectivity index (χ0v) is 11.8. The molecule has 2 nitrogen and oxygen atoms in total. The second-order valence-electron chi connectivity index (χ2n) is 4.02. The molecule has 0 spiro atoms. The molecule has 0 saturated heterocycles. The van der Waals surface area contributed by atoms with Crippen LogP contribution in [0.25, 0.3) is 11.1 Å². The van der Waals surface area contributed by atoms with Gasteiger partial charge >= 0.3 is 23.0 Å². The molecule has 0 radical (unpaired) electrons. The maximum Gasteiger partial charge on any atom is 4.00 e. The summed E-state index contributed by atoms with van der Waals surface area (Å²) in [5.74, 6) is -0.890. The summed E-state index contributed by atoms with van der Waals surface area (Å²) in [6, 6.07) is 24.7. The largest absolute Gasteiger partial charge is 4.00 e. The van der Waals surface area contributed by atoms with E-state index < -0.39 is 5.97 Å². The second-order valence-corrected chi connectivity index (χ2v) is 4.02.